The van der Waals surface area contributed by atoms with E-state index in [0.717, 1.165) is 24.1 Å². The zero-order chi connectivity index (χ0) is 22.1. The second-order valence-corrected chi connectivity index (χ2v) is 8.79. The van der Waals surface area contributed by atoms with Gasteiger partial charge in [-0.2, -0.15) is 0 Å². The van der Waals surface area contributed by atoms with Crippen molar-refractivity contribution in [2.75, 3.05) is 20.8 Å². The lowest BCUT2D eigenvalue weighted by Gasteiger charge is -2.41. The second kappa shape index (κ2) is 8.62. The Hall–Kier alpha value is -2.63. The number of ketones is 1. The summed E-state index contributed by atoms with van der Waals surface area (Å²) in [6.45, 7) is 8.59. The standard InChI is InChI=1S/C24H31NO5/c1-7-10-30-18-9-8-15(11-19(18)28-5)21-20(23(27)29-6)14(2)25-16-12-24(3,4)13-17(26)22(16)21/h8-9,11,21-22H,7,10,12-13H2,1-6H3/t21-,22?/m1/s1. The van der Waals surface area contributed by atoms with Crippen LogP contribution in [0.3, 0.4) is 0 Å². The molecule has 0 amide bonds. The van der Waals surface area contributed by atoms with Gasteiger partial charge in [-0.25, -0.2) is 4.79 Å². The van der Waals surface area contributed by atoms with Gasteiger partial charge >= 0.3 is 5.97 Å². The van der Waals surface area contributed by atoms with Crippen LogP contribution < -0.4 is 9.47 Å². The highest BCUT2D eigenvalue weighted by Gasteiger charge is 2.47. The molecule has 6 nitrogen and oxygen atoms in total. The van der Waals surface area contributed by atoms with E-state index in [9.17, 15) is 9.59 Å². The minimum absolute atomic E-state index is 0.106. The molecule has 0 aromatic heterocycles. The number of carbonyl (C=O) groups excluding carboxylic acids is 2. The summed E-state index contributed by atoms with van der Waals surface area (Å²) in [4.78, 5) is 30.7. The van der Waals surface area contributed by atoms with Crippen LogP contribution in [0.4, 0.5) is 0 Å². The lowest BCUT2D eigenvalue weighted by atomic mass is 9.63. The maximum Gasteiger partial charge on any atom is 0.336 e. The Labute approximate surface area is 178 Å². The maximum atomic E-state index is 13.2. The normalized spacial score (nSPS) is 22.9. The highest BCUT2D eigenvalue weighted by Crippen LogP contribution is 2.48. The quantitative estimate of drug-likeness (QED) is 0.643. The Bertz CT molecular complexity index is 912. The van der Waals surface area contributed by atoms with Crippen molar-refractivity contribution in [3.8, 4) is 11.5 Å². The Morgan fingerprint density at radius 3 is 2.53 bits per heavy atom. The van der Waals surface area contributed by atoms with E-state index in [2.05, 4.69) is 13.8 Å². The molecule has 1 heterocycles. The number of ether oxygens (including phenoxy) is 3. The van der Waals surface area contributed by atoms with Crippen molar-refractivity contribution in [3.63, 3.8) is 0 Å². The minimum Gasteiger partial charge on any atom is -0.493 e. The van der Waals surface area contributed by atoms with E-state index < -0.39 is 17.8 Å². The van der Waals surface area contributed by atoms with Gasteiger partial charge in [0.25, 0.3) is 0 Å². The number of rotatable bonds is 6. The summed E-state index contributed by atoms with van der Waals surface area (Å²) in [5.41, 5.74) is 2.56. The number of esters is 1. The highest BCUT2D eigenvalue weighted by atomic mass is 16.5. The number of allylic oxidation sites excluding steroid dienone is 1. The van der Waals surface area contributed by atoms with Crippen LogP contribution in [0.2, 0.25) is 0 Å². The second-order valence-electron chi connectivity index (χ2n) is 8.79. The Balaban J connectivity index is 2.13. The van der Waals surface area contributed by atoms with Crippen LogP contribution in [0.15, 0.2) is 34.5 Å². The molecule has 0 N–H and O–H groups in total. The predicted molar refractivity (Wildman–Crippen MR) is 115 cm³/mol. The topological polar surface area (TPSA) is 74.2 Å². The van der Waals surface area contributed by atoms with Gasteiger partial charge in [0.2, 0.25) is 0 Å². The predicted octanol–water partition coefficient (Wildman–Crippen LogP) is 4.47. The van der Waals surface area contributed by atoms with Gasteiger partial charge in [-0.1, -0.05) is 26.8 Å². The fourth-order valence-electron chi connectivity index (χ4n) is 4.54. The largest absolute Gasteiger partial charge is 0.493 e. The molecule has 1 aliphatic carbocycles. The van der Waals surface area contributed by atoms with Crippen LogP contribution >= 0.6 is 0 Å². The monoisotopic (exact) mass is 413 g/mol. The summed E-state index contributed by atoms with van der Waals surface area (Å²) >= 11 is 0. The Kier molecular flexibility index (Phi) is 6.34. The van der Waals surface area contributed by atoms with Crippen LogP contribution in [-0.2, 0) is 14.3 Å². The van der Waals surface area contributed by atoms with E-state index in [1.807, 2.05) is 32.0 Å². The highest BCUT2D eigenvalue weighted by molar-refractivity contribution is 6.12. The molecule has 1 aromatic carbocycles. The van der Waals surface area contributed by atoms with Crippen molar-refractivity contribution in [2.24, 2.45) is 16.3 Å². The first-order chi connectivity index (χ1) is 14.2. The summed E-state index contributed by atoms with van der Waals surface area (Å²) in [6, 6.07) is 5.61. The number of benzene rings is 1. The number of Topliss-reactive ketones (excluding diaryl/α,β-unsaturated/α-hetero) is 1. The molecule has 0 saturated heterocycles. The van der Waals surface area contributed by atoms with Crippen molar-refractivity contribution >= 4 is 17.5 Å². The molecule has 1 fully saturated rings. The fourth-order valence-corrected chi connectivity index (χ4v) is 4.54. The van der Waals surface area contributed by atoms with E-state index in [0.29, 0.717) is 35.8 Å². The fraction of sp³-hybridized carbons (Fsp3) is 0.542. The summed E-state index contributed by atoms with van der Waals surface area (Å²) < 4.78 is 16.4. The van der Waals surface area contributed by atoms with Crippen LogP contribution in [0.5, 0.6) is 11.5 Å². The van der Waals surface area contributed by atoms with Gasteiger partial charge in [-0.3, -0.25) is 9.79 Å². The lowest BCUT2D eigenvalue weighted by molar-refractivity contribution is -0.136. The molecule has 0 spiro atoms. The zero-order valence-corrected chi connectivity index (χ0v) is 18.7. The van der Waals surface area contributed by atoms with E-state index >= 15 is 0 Å². The summed E-state index contributed by atoms with van der Waals surface area (Å²) in [5.74, 6) is -0.0531. The molecule has 2 atom stereocenters. The van der Waals surface area contributed by atoms with Crippen molar-refractivity contribution in [3.05, 3.63) is 35.0 Å². The van der Waals surface area contributed by atoms with E-state index in [1.54, 1.807) is 7.11 Å². The van der Waals surface area contributed by atoms with Crippen molar-refractivity contribution < 1.29 is 23.8 Å². The average molecular weight is 414 g/mol. The first-order valence-corrected chi connectivity index (χ1v) is 10.4. The van der Waals surface area contributed by atoms with Gasteiger partial charge in [-0.15, -0.1) is 0 Å². The maximum absolute atomic E-state index is 13.2. The van der Waals surface area contributed by atoms with E-state index in [4.69, 9.17) is 19.2 Å². The summed E-state index contributed by atoms with van der Waals surface area (Å²) in [7, 11) is 2.94. The van der Waals surface area contributed by atoms with Gasteiger partial charge in [0.05, 0.1) is 32.3 Å². The van der Waals surface area contributed by atoms with Crippen LogP contribution in [0.25, 0.3) is 0 Å². The number of fused-ring (bicyclic) bond motifs is 1. The number of carbonyl (C=O) groups is 2. The Morgan fingerprint density at radius 1 is 1.17 bits per heavy atom. The molecule has 6 heteroatoms. The Morgan fingerprint density at radius 2 is 1.90 bits per heavy atom. The summed E-state index contributed by atoms with van der Waals surface area (Å²) in [6.07, 6.45) is 2.06. The van der Waals surface area contributed by atoms with Crippen LogP contribution in [0, 0.1) is 11.3 Å². The van der Waals surface area contributed by atoms with Gasteiger partial charge in [0, 0.05) is 23.7 Å². The molecule has 0 radical (unpaired) electrons. The van der Waals surface area contributed by atoms with Crippen molar-refractivity contribution in [2.45, 2.75) is 52.9 Å². The lowest BCUT2D eigenvalue weighted by Crippen LogP contribution is -2.44. The molecule has 1 aliphatic heterocycles. The first-order valence-electron chi connectivity index (χ1n) is 10.4. The van der Waals surface area contributed by atoms with Crippen LogP contribution in [0.1, 0.15) is 58.4 Å². The SMILES string of the molecule is CCCOc1ccc([C@@H]2C(C(=O)OC)=C(C)N=C3CC(C)(C)CC(=O)C32)cc1OC. The third-order valence-electron chi connectivity index (χ3n) is 5.78. The average Bonchev–Trinajstić information content (AvgIpc) is 2.69. The zero-order valence-electron chi connectivity index (χ0n) is 18.7. The molecule has 1 unspecified atom stereocenters. The number of nitrogens with zero attached hydrogens (tertiary/aromatic N) is 1. The summed E-state index contributed by atoms with van der Waals surface area (Å²) in [5, 5.41) is 0. The van der Waals surface area contributed by atoms with Crippen molar-refractivity contribution in [1.29, 1.82) is 0 Å². The number of methoxy groups -OCH3 is 2. The van der Waals surface area contributed by atoms with E-state index in [-0.39, 0.29) is 11.2 Å². The molecule has 0 bridgehead atoms. The number of aliphatic imine (C=N–C) groups is 1. The molecule has 162 valence electrons. The molecule has 1 aromatic rings. The molecular weight excluding hydrogens is 382 g/mol. The van der Waals surface area contributed by atoms with E-state index in [1.165, 1.54) is 7.11 Å². The van der Waals surface area contributed by atoms with Crippen molar-refractivity contribution in [1.82, 2.24) is 0 Å². The number of hydrogen-bond acceptors (Lipinski definition) is 6. The van der Waals surface area contributed by atoms with Gasteiger partial charge in [0.1, 0.15) is 5.78 Å². The third kappa shape index (κ3) is 4.13. The minimum atomic E-state index is -0.469. The number of hydrogen-bond donors (Lipinski definition) is 0. The van der Waals surface area contributed by atoms with Gasteiger partial charge < -0.3 is 14.2 Å². The van der Waals surface area contributed by atoms with Crippen LogP contribution in [-0.4, -0.2) is 38.3 Å². The first kappa shape index (κ1) is 22.1. The third-order valence-corrected chi connectivity index (χ3v) is 5.78. The molecular formula is C24H31NO5. The molecule has 3 rings (SSSR count). The smallest absolute Gasteiger partial charge is 0.336 e. The molecule has 1 saturated carbocycles. The molecule has 30 heavy (non-hydrogen) atoms. The molecule has 2 aliphatic rings. The van der Waals surface area contributed by atoms with Gasteiger partial charge in [0.15, 0.2) is 11.5 Å². The van der Waals surface area contributed by atoms with Gasteiger partial charge in [-0.05, 0) is 42.9 Å².